The molecule has 0 N–H and O–H groups in total. The monoisotopic (exact) mass is 752 g/mol. The van der Waals surface area contributed by atoms with Crippen LogP contribution in [-0.4, -0.2) is 4.57 Å². The number of fused-ring (bicyclic) bond motifs is 9. The lowest BCUT2D eigenvalue weighted by molar-refractivity contribution is 0.672. The Labute approximate surface area is 341 Å². The number of aromatic nitrogens is 1. The molecule has 0 fully saturated rings. The van der Waals surface area contributed by atoms with Gasteiger partial charge in [-0.25, -0.2) is 0 Å². The van der Waals surface area contributed by atoms with Crippen molar-refractivity contribution in [3.8, 4) is 27.9 Å². The van der Waals surface area contributed by atoms with Crippen LogP contribution in [-0.2, 0) is 0 Å². The summed E-state index contributed by atoms with van der Waals surface area (Å²) in [6.45, 7) is 0. The van der Waals surface area contributed by atoms with Crippen molar-refractivity contribution in [2.75, 3.05) is 4.90 Å². The Morgan fingerprint density at radius 1 is 0.356 bits per heavy atom. The standard InChI is InChI=1S/C56H36N2O/c1-2-12-39-35-40(22-21-37(39)11-1)38-23-27-43(28-24-38)57(44-29-31-45(32-30-44)58-53-18-8-4-14-48(53)49-15-5-9-19-54(49)58)52-17-7-3-13-46(52)41-25-33-47-42(36-41)26-34-51-50-16-6-10-20-55(50)59-56(47)51/h1-36H. The topological polar surface area (TPSA) is 21.3 Å². The predicted octanol–water partition coefficient (Wildman–Crippen LogP) is 15.8. The summed E-state index contributed by atoms with van der Waals surface area (Å²) >= 11 is 0. The summed E-state index contributed by atoms with van der Waals surface area (Å²) in [7, 11) is 0. The second-order valence-corrected chi connectivity index (χ2v) is 15.3. The Morgan fingerprint density at radius 2 is 0.915 bits per heavy atom. The lowest BCUT2D eigenvalue weighted by Gasteiger charge is -2.28. The molecule has 0 radical (unpaired) electrons. The van der Waals surface area contributed by atoms with Gasteiger partial charge in [0.05, 0.1) is 16.7 Å². The zero-order valence-corrected chi connectivity index (χ0v) is 32.1. The predicted molar refractivity (Wildman–Crippen MR) is 249 cm³/mol. The van der Waals surface area contributed by atoms with Gasteiger partial charge in [0, 0.05) is 49.6 Å². The Balaban J connectivity index is 1.00. The van der Waals surface area contributed by atoms with Crippen LogP contribution in [0.15, 0.2) is 223 Å². The Kier molecular flexibility index (Phi) is 7.54. The first kappa shape index (κ1) is 33.3. The number of hydrogen-bond donors (Lipinski definition) is 0. The third-order valence-electron chi connectivity index (χ3n) is 12.0. The van der Waals surface area contributed by atoms with Crippen LogP contribution in [0.2, 0.25) is 0 Å². The molecule has 0 aliphatic carbocycles. The fourth-order valence-electron chi connectivity index (χ4n) is 9.14. The van der Waals surface area contributed by atoms with Gasteiger partial charge < -0.3 is 13.9 Å². The highest BCUT2D eigenvalue weighted by molar-refractivity contribution is 6.15. The average Bonchev–Trinajstić information content (AvgIpc) is 3.86. The quantitative estimate of drug-likeness (QED) is 0.169. The number of furan rings is 1. The molecule has 0 unspecified atom stereocenters. The highest BCUT2D eigenvalue weighted by atomic mass is 16.3. The largest absolute Gasteiger partial charge is 0.455 e. The van der Waals surface area contributed by atoms with Gasteiger partial charge in [0.1, 0.15) is 11.2 Å². The van der Waals surface area contributed by atoms with Crippen molar-refractivity contribution in [1.82, 2.24) is 4.57 Å². The molecule has 59 heavy (non-hydrogen) atoms. The maximum Gasteiger partial charge on any atom is 0.143 e. The minimum absolute atomic E-state index is 0.913. The molecule has 0 bridgehead atoms. The Morgan fingerprint density at radius 3 is 1.69 bits per heavy atom. The molecule has 276 valence electrons. The molecule has 0 saturated heterocycles. The van der Waals surface area contributed by atoms with Gasteiger partial charge >= 0.3 is 0 Å². The summed E-state index contributed by atoms with van der Waals surface area (Å²) in [6, 6.07) is 78.8. The normalized spacial score (nSPS) is 11.7. The van der Waals surface area contributed by atoms with Crippen molar-refractivity contribution in [3.63, 3.8) is 0 Å². The van der Waals surface area contributed by atoms with E-state index < -0.39 is 0 Å². The molecule has 0 aliphatic rings. The third kappa shape index (κ3) is 5.44. The first-order valence-electron chi connectivity index (χ1n) is 20.2. The fourth-order valence-corrected chi connectivity index (χ4v) is 9.14. The SMILES string of the molecule is c1ccc(N(c2ccc(-c3ccc4ccccc4c3)cc2)c2ccc(-n3c4ccccc4c4ccccc43)cc2)c(-c2ccc3c(ccc4c5ccccc5oc34)c2)c1. The van der Waals surface area contributed by atoms with Gasteiger partial charge in [-0.05, 0) is 118 Å². The van der Waals surface area contributed by atoms with E-state index in [4.69, 9.17) is 4.42 Å². The fraction of sp³-hybridized carbons (Fsp3) is 0. The van der Waals surface area contributed by atoms with E-state index in [1.165, 1.54) is 43.7 Å². The van der Waals surface area contributed by atoms with Crippen LogP contribution in [0, 0.1) is 0 Å². The molecule has 2 heterocycles. The van der Waals surface area contributed by atoms with E-state index in [1.807, 2.05) is 12.1 Å². The maximum atomic E-state index is 6.43. The summed E-state index contributed by atoms with van der Waals surface area (Å²) in [5, 5.41) is 9.54. The molecule has 12 aromatic rings. The van der Waals surface area contributed by atoms with Gasteiger partial charge in [-0.3, -0.25) is 0 Å². The summed E-state index contributed by atoms with van der Waals surface area (Å²) < 4.78 is 8.80. The van der Waals surface area contributed by atoms with E-state index in [2.05, 4.69) is 216 Å². The summed E-state index contributed by atoms with van der Waals surface area (Å²) in [6.07, 6.45) is 0. The van der Waals surface area contributed by atoms with Gasteiger partial charge in [-0.1, -0.05) is 133 Å². The van der Waals surface area contributed by atoms with E-state index in [9.17, 15) is 0 Å². The summed E-state index contributed by atoms with van der Waals surface area (Å²) in [4.78, 5) is 2.39. The smallest absolute Gasteiger partial charge is 0.143 e. The highest BCUT2D eigenvalue weighted by Gasteiger charge is 2.19. The van der Waals surface area contributed by atoms with Crippen LogP contribution in [0.4, 0.5) is 17.1 Å². The van der Waals surface area contributed by atoms with Crippen LogP contribution in [0.3, 0.4) is 0 Å². The van der Waals surface area contributed by atoms with Crippen molar-refractivity contribution < 1.29 is 4.42 Å². The van der Waals surface area contributed by atoms with Crippen LogP contribution in [0.5, 0.6) is 0 Å². The van der Waals surface area contributed by atoms with Crippen molar-refractivity contribution in [2.45, 2.75) is 0 Å². The average molecular weight is 753 g/mol. The number of nitrogens with zero attached hydrogens (tertiary/aromatic N) is 2. The molecule has 12 rings (SSSR count). The molecule has 3 heteroatoms. The second kappa shape index (κ2) is 13.4. The first-order chi connectivity index (χ1) is 29.2. The summed E-state index contributed by atoms with van der Waals surface area (Å²) in [5.74, 6) is 0. The molecule has 0 spiro atoms. The van der Waals surface area contributed by atoms with E-state index >= 15 is 0 Å². The molecule has 0 atom stereocenters. The molecule has 2 aromatic heterocycles. The van der Waals surface area contributed by atoms with Gasteiger partial charge in [-0.2, -0.15) is 0 Å². The molecular weight excluding hydrogens is 717 g/mol. The van der Waals surface area contributed by atoms with Crippen LogP contribution in [0.25, 0.3) is 93.2 Å². The van der Waals surface area contributed by atoms with Crippen LogP contribution >= 0.6 is 0 Å². The van der Waals surface area contributed by atoms with E-state index in [1.54, 1.807) is 0 Å². The number of rotatable bonds is 6. The lowest BCUT2D eigenvalue weighted by atomic mass is 9.97. The minimum Gasteiger partial charge on any atom is -0.455 e. The Bertz CT molecular complexity index is 3500. The van der Waals surface area contributed by atoms with E-state index in [0.29, 0.717) is 0 Å². The molecule has 0 amide bonds. The van der Waals surface area contributed by atoms with Crippen molar-refractivity contribution >= 4 is 82.4 Å². The minimum atomic E-state index is 0.913. The number of hydrogen-bond acceptors (Lipinski definition) is 2. The number of benzene rings is 10. The molecule has 3 nitrogen and oxygen atoms in total. The van der Waals surface area contributed by atoms with E-state index in [0.717, 1.165) is 66.6 Å². The lowest BCUT2D eigenvalue weighted by Crippen LogP contribution is -2.11. The molecular formula is C56H36N2O. The van der Waals surface area contributed by atoms with Gasteiger partial charge in [0.15, 0.2) is 0 Å². The van der Waals surface area contributed by atoms with Crippen molar-refractivity contribution in [1.29, 1.82) is 0 Å². The first-order valence-corrected chi connectivity index (χ1v) is 20.2. The zero-order chi connectivity index (χ0) is 38.9. The summed E-state index contributed by atoms with van der Waals surface area (Å²) in [5.41, 5.74) is 13.3. The van der Waals surface area contributed by atoms with Crippen LogP contribution < -0.4 is 4.90 Å². The van der Waals surface area contributed by atoms with Crippen molar-refractivity contribution in [3.05, 3.63) is 218 Å². The Hall–Kier alpha value is -7.88. The molecule has 0 aliphatic heterocycles. The molecule has 0 saturated carbocycles. The number of anilines is 3. The number of para-hydroxylation sites is 4. The maximum absolute atomic E-state index is 6.43. The zero-order valence-electron chi connectivity index (χ0n) is 32.1. The van der Waals surface area contributed by atoms with Gasteiger partial charge in [0.2, 0.25) is 0 Å². The highest BCUT2D eigenvalue weighted by Crippen LogP contribution is 2.44. The van der Waals surface area contributed by atoms with E-state index in [-0.39, 0.29) is 0 Å². The van der Waals surface area contributed by atoms with Crippen molar-refractivity contribution in [2.24, 2.45) is 0 Å². The van der Waals surface area contributed by atoms with Crippen LogP contribution in [0.1, 0.15) is 0 Å². The molecule has 10 aromatic carbocycles. The van der Waals surface area contributed by atoms with Gasteiger partial charge in [0.25, 0.3) is 0 Å². The third-order valence-corrected chi connectivity index (χ3v) is 12.0. The van der Waals surface area contributed by atoms with Gasteiger partial charge in [-0.15, -0.1) is 0 Å². The second-order valence-electron chi connectivity index (χ2n) is 15.3.